The molecule has 0 bridgehead atoms. The molecular weight excluding hydrogens is 280 g/mol. The van der Waals surface area contributed by atoms with Crippen LogP contribution >= 0.6 is 0 Å². The van der Waals surface area contributed by atoms with E-state index < -0.39 is 37.9 Å². The zero-order valence-electron chi connectivity index (χ0n) is 9.69. The maximum atomic E-state index is 13.4. The summed E-state index contributed by atoms with van der Waals surface area (Å²) in [5.41, 5.74) is -1.09. The van der Waals surface area contributed by atoms with Crippen LogP contribution < -0.4 is 4.72 Å². The molecule has 1 aromatic carbocycles. The molecule has 1 aliphatic carbocycles. The largest absolute Gasteiger partial charge is 0.481 e. The molecule has 0 spiro atoms. The van der Waals surface area contributed by atoms with Gasteiger partial charge in [0.05, 0.1) is 5.41 Å². The zero-order valence-corrected chi connectivity index (χ0v) is 10.5. The molecule has 0 radical (unpaired) electrons. The molecular formula is C11H11F2NO4S. The molecule has 0 heterocycles. The monoisotopic (exact) mass is 291 g/mol. The molecule has 19 heavy (non-hydrogen) atoms. The summed E-state index contributed by atoms with van der Waals surface area (Å²) in [6, 6.07) is 2.08. The third-order valence-electron chi connectivity index (χ3n) is 3.09. The van der Waals surface area contributed by atoms with Crippen molar-refractivity contribution in [3.05, 3.63) is 29.8 Å². The standard InChI is InChI=1S/C11H11F2NO4S/c12-7-1-2-9(8(13)5-7)19(17,18)14-6-11(3-4-11)10(15)16/h1-2,5,14H,3-4,6H2,(H,15,16). The molecule has 0 aromatic heterocycles. The quantitative estimate of drug-likeness (QED) is 0.851. The van der Waals surface area contributed by atoms with Crippen molar-refractivity contribution in [3.8, 4) is 0 Å². The first-order valence-corrected chi connectivity index (χ1v) is 6.93. The zero-order chi connectivity index (χ0) is 14.3. The van der Waals surface area contributed by atoms with Crippen LogP contribution in [0.25, 0.3) is 0 Å². The Morgan fingerprint density at radius 3 is 2.47 bits per heavy atom. The molecule has 5 nitrogen and oxygen atoms in total. The first-order chi connectivity index (χ1) is 8.77. The van der Waals surface area contributed by atoms with Crippen molar-refractivity contribution < 1.29 is 27.1 Å². The van der Waals surface area contributed by atoms with Crippen molar-refractivity contribution in [2.45, 2.75) is 17.7 Å². The molecule has 0 atom stereocenters. The maximum Gasteiger partial charge on any atom is 0.310 e. The van der Waals surface area contributed by atoms with E-state index >= 15 is 0 Å². The van der Waals surface area contributed by atoms with E-state index in [0.29, 0.717) is 18.9 Å². The van der Waals surface area contributed by atoms with E-state index in [2.05, 4.69) is 0 Å². The Morgan fingerprint density at radius 1 is 1.37 bits per heavy atom. The number of hydrogen-bond donors (Lipinski definition) is 2. The maximum absolute atomic E-state index is 13.4. The number of halogens is 2. The highest BCUT2D eigenvalue weighted by atomic mass is 32.2. The Kier molecular flexibility index (Phi) is 3.31. The van der Waals surface area contributed by atoms with E-state index in [9.17, 15) is 22.0 Å². The fourth-order valence-electron chi connectivity index (χ4n) is 1.62. The summed E-state index contributed by atoms with van der Waals surface area (Å²) in [4.78, 5) is 10.2. The van der Waals surface area contributed by atoms with E-state index in [0.717, 1.165) is 12.1 Å². The molecule has 1 saturated carbocycles. The van der Waals surface area contributed by atoms with Gasteiger partial charge in [0.1, 0.15) is 16.5 Å². The van der Waals surface area contributed by atoms with Crippen LogP contribution in [0.5, 0.6) is 0 Å². The smallest absolute Gasteiger partial charge is 0.310 e. The number of hydrogen-bond acceptors (Lipinski definition) is 3. The second-order valence-corrected chi connectivity index (χ2v) is 6.22. The van der Waals surface area contributed by atoms with Crippen molar-refractivity contribution in [1.82, 2.24) is 4.72 Å². The van der Waals surface area contributed by atoms with Crippen LogP contribution in [-0.4, -0.2) is 26.0 Å². The summed E-state index contributed by atoms with van der Waals surface area (Å²) in [5.74, 6) is -3.19. The second-order valence-electron chi connectivity index (χ2n) is 4.48. The highest BCUT2D eigenvalue weighted by Gasteiger charge is 2.50. The molecule has 0 unspecified atom stereocenters. The number of aliphatic carboxylic acids is 1. The van der Waals surface area contributed by atoms with E-state index in [1.165, 1.54) is 0 Å². The van der Waals surface area contributed by atoms with E-state index in [4.69, 9.17) is 5.11 Å². The van der Waals surface area contributed by atoms with Crippen LogP contribution in [-0.2, 0) is 14.8 Å². The van der Waals surface area contributed by atoms with Gasteiger partial charge in [-0.3, -0.25) is 4.79 Å². The van der Waals surface area contributed by atoms with Gasteiger partial charge in [0.15, 0.2) is 0 Å². The lowest BCUT2D eigenvalue weighted by Crippen LogP contribution is -2.34. The fourth-order valence-corrected chi connectivity index (χ4v) is 2.81. The molecule has 2 rings (SSSR count). The molecule has 2 N–H and O–H groups in total. The van der Waals surface area contributed by atoms with Gasteiger partial charge in [0.25, 0.3) is 0 Å². The van der Waals surface area contributed by atoms with Gasteiger partial charge < -0.3 is 5.11 Å². The van der Waals surface area contributed by atoms with E-state index in [1.54, 1.807) is 0 Å². The predicted octanol–water partition coefficient (Wildman–Crippen LogP) is 1.11. The molecule has 8 heteroatoms. The van der Waals surface area contributed by atoms with Crippen molar-refractivity contribution in [2.24, 2.45) is 5.41 Å². The summed E-state index contributed by atoms with van der Waals surface area (Å²) < 4.78 is 51.7. The van der Waals surface area contributed by atoms with Crippen LogP contribution in [0.1, 0.15) is 12.8 Å². The molecule has 1 aliphatic rings. The van der Waals surface area contributed by atoms with Gasteiger partial charge in [0, 0.05) is 12.6 Å². The van der Waals surface area contributed by atoms with Gasteiger partial charge in [-0.15, -0.1) is 0 Å². The minimum atomic E-state index is -4.19. The highest BCUT2D eigenvalue weighted by molar-refractivity contribution is 7.89. The molecule has 0 aliphatic heterocycles. The highest BCUT2D eigenvalue weighted by Crippen LogP contribution is 2.45. The third kappa shape index (κ3) is 2.74. The average molecular weight is 291 g/mol. The summed E-state index contributed by atoms with van der Waals surface area (Å²) >= 11 is 0. The number of carbonyl (C=O) groups is 1. The second kappa shape index (κ2) is 4.53. The minimum absolute atomic E-state index is 0.304. The van der Waals surface area contributed by atoms with Crippen molar-refractivity contribution in [1.29, 1.82) is 0 Å². The lowest BCUT2D eigenvalue weighted by atomic mass is 10.1. The summed E-state index contributed by atoms with van der Waals surface area (Å²) in [7, 11) is -4.19. The first kappa shape index (κ1) is 13.9. The van der Waals surface area contributed by atoms with Crippen LogP contribution in [0.4, 0.5) is 8.78 Å². The van der Waals surface area contributed by atoms with E-state index in [1.807, 2.05) is 4.72 Å². The van der Waals surface area contributed by atoms with Crippen LogP contribution in [0.2, 0.25) is 0 Å². The summed E-state index contributed by atoms with van der Waals surface area (Å²) in [6.45, 7) is -0.304. The summed E-state index contributed by atoms with van der Waals surface area (Å²) in [6.07, 6.45) is 0.744. The van der Waals surface area contributed by atoms with Gasteiger partial charge in [-0.05, 0) is 25.0 Å². The number of benzene rings is 1. The molecule has 104 valence electrons. The third-order valence-corrected chi connectivity index (χ3v) is 4.53. The van der Waals surface area contributed by atoms with Gasteiger partial charge in [-0.25, -0.2) is 21.9 Å². The number of rotatable bonds is 5. The van der Waals surface area contributed by atoms with Crippen LogP contribution in [0, 0.1) is 17.0 Å². The lowest BCUT2D eigenvalue weighted by molar-refractivity contribution is -0.143. The number of nitrogens with one attached hydrogen (secondary N) is 1. The van der Waals surface area contributed by atoms with Crippen molar-refractivity contribution >= 4 is 16.0 Å². The summed E-state index contributed by atoms with van der Waals surface area (Å²) in [5, 5.41) is 8.90. The lowest BCUT2D eigenvalue weighted by Gasteiger charge is -2.12. The molecule has 0 saturated heterocycles. The van der Waals surface area contributed by atoms with Crippen molar-refractivity contribution in [2.75, 3.05) is 6.54 Å². The number of sulfonamides is 1. The average Bonchev–Trinajstić information content (AvgIpc) is 3.07. The molecule has 0 amide bonds. The van der Waals surface area contributed by atoms with Gasteiger partial charge in [0.2, 0.25) is 10.0 Å². The van der Waals surface area contributed by atoms with Gasteiger partial charge >= 0.3 is 5.97 Å². The molecule has 1 aromatic rings. The van der Waals surface area contributed by atoms with Gasteiger partial charge in [-0.2, -0.15) is 0 Å². The minimum Gasteiger partial charge on any atom is -0.481 e. The normalized spacial score (nSPS) is 17.2. The fraction of sp³-hybridized carbons (Fsp3) is 0.364. The topological polar surface area (TPSA) is 83.5 Å². The van der Waals surface area contributed by atoms with Crippen LogP contribution in [0.15, 0.2) is 23.1 Å². The Hall–Kier alpha value is -1.54. The Bertz CT molecular complexity index is 626. The predicted molar refractivity (Wildman–Crippen MR) is 60.8 cm³/mol. The number of carboxylic acid groups (broad SMARTS) is 1. The van der Waals surface area contributed by atoms with Crippen LogP contribution in [0.3, 0.4) is 0 Å². The number of carboxylic acids is 1. The Balaban J connectivity index is 2.17. The Morgan fingerprint density at radius 2 is 2.00 bits per heavy atom. The Labute approximate surface area is 108 Å². The van der Waals surface area contributed by atoms with Crippen molar-refractivity contribution in [3.63, 3.8) is 0 Å². The van der Waals surface area contributed by atoms with E-state index in [-0.39, 0.29) is 6.54 Å². The first-order valence-electron chi connectivity index (χ1n) is 5.45. The van der Waals surface area contributed by atoms with Gasteiger partial charge in [-0.1, -0.05) is 0 Å². The SMILES string of the molecule is O=C(O)C1(CNS(=O)(=O)c2ccc(F)cc2F)CC1. The molecule has 1 fully saturated rings.